The van der Waals surface area contributed by atoms with E-state index >= 15 is 0 Å². The standard InChI is InChI=1S/C23H30FN3O3S/c1-17-7-4-5-14-27(17)31(29,30)21-12-10-18(11-13-21)23(28)25-16-22(26(2)3)19-8-6-9-20(24)15-19/h6,8-13,15,17,22H,4-5,7,14,16H2,1-3H3,(H,25,28). The maximum atomic E-state index is 13.6. The molecule has 0 radical (unpaired) electrons. The first-order chi connectivity index (χ1) is 14.7. The molecule has 0 aliphatic carbocycles. The molecule has 0 bridgehead atoms. The van der Waals surface area contributed by atoms with E-state index < -0.39 is 10.0 Å². The lowest BCUT2D eigenvalue weighted by molar-refractivity contribution is 0.0941. The minimum atomic E-state index is -3.57. The Morgan fingerprint density at radius 3 is 2.52 bits per heavy atom. The van der Waals surface area contributed by atoms with Gasteiger partial charge in [0.1, 0.15) is 5.82 Å². The van der Waals surface area contributed by atoms with E-state index in [-0.39, 0.29) is 28.7 Å². The summed E-state index contributed by atoms with van der Waals surface area (Å²) >= 11 is 0. The van der Waals surface area contributed by atoms with Gasteiger partial charge in [-0.15, -0.1) is 0 Å². The van der Waals surface area contributed by atoms with Gasteiger partial charge in [-0.3, -0.25) is 4.79 Å². The highest BCUT2D eigenvalue weighted by molar-refractivity contribution is 7.89. The van der Waals surface area contributed by atoms with Gasteiger partial charge < -0.3 is 10.2 Å². The van der Waals surface area contributed by atoms with Crippen LogP contribution in [0.15, 0.2) is 53.4 Å². The number of piperidine rings is 1. The SMILES string of the molecule is CC1CCCCN1S(=O)(=O)c1ccc(C(=O)NCC(c2cccc(F)c2)N(C)C)cc1. The molecule has 0 saturated carbocycles. The van der Waals surface area contributed by atoms with Crippen molar-refractivity contribution in [2.45, 2.75) is 43.2 Å². The molecule has 6 nitrogen and oxygen atoms in total. The Hall–Kier alpha value is -2.29. The number of hydrogen-bond donors (Lipinski definition) is 1. The molecule has 1 fully saturated rings. The number of likely N-dealkylation sites (N-methyl/N-ethyl adjacent to an activating group) is 1. The number of nitrogens with one attached hydrogen (secondary N) is 1. The predicted molar refractivity (Wildman–Crippen MR) is 119 cm³/mol. The maximum Gasteiger partial charge on any atom is 0.251 e. The molecule has 2 unspecified atom stereocenters. The third-order valence-corrected chi connectivity index (χ3v) is 7.81. The highest BCUT2D eigenvalue weighted by Crippen LogP contribution is 2.25. The van der Waals surface area contributed by atoms with Crippen LogP contribution in [0.25, 0.3) is 0 Å². The number of amides is 1. The minimum absolute atomic E-state index is 0.0208. The Labute approximate surface area is 184 Å². The Morgan fingerprint density at radius 1 is 1.19 bits per heavy atom. The molecule has 8 heteroatoms. The molecule has 0 aromatic heterocycles. The maximum absolute atomic E-state index is 13.6. The van der Waals surface area contributed by atoms with Gasteiger partial charge in [0, 0.05) is 24.7 Å². The van der Waals surface area contributed by atoms with Crippen molar-refractivity contribution in [3.8, 4) is 0 Å². The van der Waals surface area contributed by atoms with E-state index in [1.165, 1.54) is 36.4 Å². The third kappa shape index (κ3) is 5.50. The number of sulfonamides is 1. The van der Waals surface area contributed by atoms with Gasteiger partial charge in [-0.05, 0) is 75.8 Å². The van der Waals surface area contributed by atoms with E-state index in [4.69, 9.17) is 0 Å². The van der Waals surface area contributed by atoms with Crippen LogP contribution in [0.2, 0.25) is 0 Å². The quantitative estimate of drug-likeness (QED) is 0.706. The molecule has 168 valence electrons. The summed E-state index contributed by atoms with van der Waals surface area (Å²) in [6, 6.07) is 12.1. The molecule has 1 N–H and O–H groups in total. The Balaban J connectivity index is 1.68. The molecule has 0 spiro atoms. The molecule has 3 rings (SSSR count). The van der Waals surface area contributed by atoms with Crippen LogP contribution in [0.5, 0.6) is 0 Å². The van der Waals surface area contributed by atoms with Crippen molar-refractivity contribution in [1.29, 1.82) is 0 Å². The van der Waals surface area contributed by atoms with Gasteiger partial charge in [0.2, 0.25) is 10.0 Å². The molecule has 1 amide bonds. The number of benzene rings is 2. The second kappa shape index (κ2) is 9.89. The molecule has 1 saturated heterocycles. The normalized spacial score (nSPS) is 18.7. The molecule has 2 aromatic rings. The summed E-state index contributed by atoms with van der Waals surface area (Å²) in [7, 11) is 0.157. The van der Waals surface area contributed by atoms with E-state index in [0.29, 0.717) is 18.7 Å². The van der Waals surface area contributed by atoms with Gasteiger partial charge >= 0.3 is 0 Å². The van der Waals surface area contributed by atoms with Crippen molar-refractivity contribution in [3.05, 3.63) is 65.5 Å². The zero-order valence-electron chi connectivity index (χ0n) is 18.2. The fourth-order valence-corrected chi connectivity index (χ4v) is 5.65. The lowest BCUT2D eigenvalue weighted by Gasteiger charge is -2.32. The largest absolute Gasteiger partial charge is 0.350 e. The monoisotopic (exact) mass is 447 g/mol. The topological polar surface area (TPSA) is 69.7 Å². The summed E-state index contributed by atoms with van der Waals surface area (Å²) in [5.41, 5.74) is 1.14. The number of carbonyl (C=O) groups excluding carboxylic acids is 1. The van der Waals surface area contributed by atoms with E-state index in [1.54, 1.807) is 10.4 Å². The van der Waals surface area contributed by atoms with Crippen LogP contribution < -0.4 is 5.32 Å². The molecular formula is C23H30FN3O3S. The summed E-state index contributed by atoms with van der Waals surface area (Å²) < 4.78 is 41.0. The number of carbonyl (C=O) groups is 1. The van der Waals surface area contributed by atoms with Gasteiger partial charge in [-0.1, -0.05) is 18.6 Å². The van der Waals surface area contributed by atoms with Crippen molar-refractivity contribution in [2.75, 3.05) is 27.2 Å². The fraction of sp³-hybridized carbons (Fsp3) is 0.435. The minimum Gasteiger partial charge on any atom is -0.350 e. The summed E-state index contributed by atoms with van der Waals surface area (Å²) in [5.74, 6) is -0.631. The van der Waals surface area contributed by atoms with Gasteiger partial charge in [-0.2, -0.15) is 4.31 Å². The van der Waals surface area contributed by atoms with Crippen LogP contribution in [0.3, 0.4) is 0 Å². The van der Waals surface area contributed by atoms with E-state index in [0.717, 1.165) is 24.8 Å². The molecule has 1 heterocycles. The smallest absolute Gasteiger partial charge is 0.251 e. The predicted octanol–water partition coefficient (Wildman–Crippen LogP) is 3.42. The van der Waals surface area contributed by atoms with E-state index in [9.17, 15) is 17.6 Å². The number of nitrogens with zero attached hydrogens (tertiary/aromatic N) is 2. The summed E-state index contributed by atoms with van der Waals surface area (Å²) in [4.78, 5) is 14.7. The second-order valence-electron chi connectivity index (χ2n) is 8.23. The highest BCUT2D eigenvalue weighted by Gasteiger charge is 2.31. The summed E-state index contributed by atoms with van der Waals surface area (Å²) in [6.07, 6.45) is 2.76. The molecule has 2 atom stereocenters. The summed E-state index contributed by atoms with van der Waals surface area (Å²) in [6.45, 7) is 2.75. The van der Waals surface area contributed by atoms with Crippen molar-refractivity contribution in [2.24, 2.45) is 0 Å². The molecular weight excluding hydrogens is 417 g/mol. The Bertz CT molecular complexity index is 1010. The highest BCUT2D eigenvalue weighted by atomic mass is 32.2. The molecule has 1 aliphatic heterocycles. The Morgan fingerprint density at radius 2 is 1.90 bits per heavy atom. The van der Waals surface area contributed by atoms with Crippen molar-refractivity contribution in [3.63, 3.8) is 0 Å². The van der Waals surface area contributed by atoms with Crippen LogP contribution in [0.4, 0.5) is 4.39 Å². The molecule has 2 aromatic carbocycles. The average molecular weight is 448 g/mol. The average Bonchev–Trinajstić information content (AvgIpc) is 2.74. The zero-order chi connectivity index (χ0) is 22.6. The van der Waals surface area contributed by atoms with E-state index in [2.05, 4.69) is 5.32 Å². The number of hydrogen-bond acceptors (Lipinski definition) is 4. The first-order valence-corrected chi connectivity index (χ1v) is 12.0. The van der Waals surface area contributed by atoms with Crippen LogP contribution in [-0.2, 0) is 10.0 Å². The van der Waals surface area contributed by atoms with Crippen LogP contribution in [0.1, 0.15) is 48.1 Å². The number of rotatable bonds is 7. The first-order valence-electron chi connectivity index (χ1n) is 10.5. The Kier molecular flexibility index (Phi) is 7.46. The van der Waals surface area contributed by atoms with Crippen LogP contribution >= 0.6 is 0 Å². The first kappa shape index (κ1) is 23.4. The van der Waals surface area contributed by atoms with Gasteiger partial charge in [-0.25, -0.2) is 12.8 Å². The van der Waals surface area contributed by atoms with Gasteiger partial charge in [0.15, 0.2) is 0 Å². The third-order valence-electron chi connectivity index (χ3n) is 5.78. The molecule has 31 heavy (non-hydrogen) atoms. The van der Waals surface area contributed by atoms with Gasteiger partial charge in [0.05, 0.1) is 10.9 Å². The van der Waals surface area contributed by atoms with Crippen LogP contribution in [0, 0.1) is 5.82 Å². The van der Waals surface area contributed by atoms with Crippen molar-refractivity contribution < 1.29 is 17.6 Å². The van der Waals surface area contributed by atoms with Crippen molar-refractivity contribution in [1.82, 2.24) is 14.5 Å². The second-order valence-corrected chi connectivity index (χ2v) is 10.1. The molecule has 1 aliphatic rings. The zero-order valence-corrected chi connectivity index (χ0v) is 19.0. The van der Waals surface area contributed by atoms with E-state index in [1.807, 2.05) is 32.0 Å². The lowest BCUT2D eigenvalue weighted by atomic mass is 10.1. The summed E-state index contributed by atoms with van der Waals surface area (Å²) in [5, 5.41) is 2.86. The van der Waals surface area contributed by atoms with Crippen molar-refractivity contribution >= 4 is 15.9 Å². The van der Waals surface area contributed by atoms with Gasteiger partial charge in [0.25, 0.3) is 5.91 Å². The lowest BCUT2D eigenvalue weighted by Crippen LogP contribution is -2.41. The fourth-order valence-electron chi connectivity index (χ4n) is 3.95. The number of halogens is 1. The van der Waals surface area contributed by atoms with Crippen LogP contribution in [-0.4, -0.2) is 56.8 Å².